The Morgan fingerprint density at radius 2 is 1.97 bits per heavy atom. The molecule has 0 fully saturated rings. The molecule has 7 nitrogen and oxygen atoms in total. The SMILES string of the molecule is Cc1cccc(S(=O)(=O)N2C[C@H](CCC(=O)O)Oc3cc(Cl)c(-c4cc(F)cc(OC(F)F)c4)cc32)c1. The number of alkyl halides is 2. The predicted molar refractivity (Wildman–Crippen MR) is 130 cm³/mol. The van der Waals surface area contributed by atoms with E-state index in [-0.39, 0.29) is 51.9 Å². The van der Waals surface area contributed by atoms with E-state index in [1.54, 1.807) is 19.1 Å². The van der Waals surface area contributed by atoms with Crippen molar-refractivity contribution in [1.29, 1.82) is 0 Å². The fourth-order valence-corrected chi connectivity index (χ4v) is 5.88. The molecule has 196 valence electrons. The van der Waals surface area contributed by atoms with Crippen molar-refractivity contribution in [2.24, 2.45) is 0 Å². The zero-order valence-electron chi connectivity index (χ0n) is 19.3. The number of ether oxygens (including phenoxy) is 2. The molecule has 37 heavy (non-hydrogen) atoms. The average Bonchev–Trinajstić information content (AvgIpc) is 2.80. The molecule has 1 atom stereocenters. The van der Waals surface area contributed by atoms with Crippen LogP contribution in [0.25, 0.3) is 11.1 Å². The van der Waals surface area contributed by atoms with Crippen LogP contribution in [0.2, 0.25) is 5.02 Å². The van der Waals surface area contributed by atoms with E-state index in [0.717, 1.165) is 22.5 Å². The smallest absolute Gasteiger partial charge is 0.387 e. The first-order valence-electron chi connectivity index (χ1n) is 11.0. The van der Waals surface area contributed by atoms with Gasteiger partial charge in [0.15, 0.2) is 0 Å². The molecule has 0 aromatic heterocycles. The van der Waals surface area contributed by atoms with Crippen LogP contribution < -0.4 is 13.8 Å². The first-order valence-corrected chi connectivity index (χ1v) is 12.8. The van der Waals surface area contributed by atoms with Gasteiger partial charge in [-0.3, -0.25) is 9.10 Å². The van der Waals surface area contributed by atoms with E-state index in [4.69, 9.17) is 21.4 Å². The van der Waals surface area contributed by atoms with Crippen LogP contribution in [0.4, 0.5) is 18.9 Å². The highest BCUT2D eigenvalue weighted by molar-refractivity contribution is 7.92. The molecule has 0 bridgehead atoms. The van der Waals surface area contributed by atoms with Crippen LogP contribution in [-0.4, -0.2) is 38.8 Å². The van der Waals surface area contributed by atoms with E-state index >= 15 is 0 Å². The Morgan fingerprint density at radius 1 is 1.22 bits per heavy atom. The van der Waals surface area contributed by atoms with Crippen molar-refractivity contribution in [2.75, 3.05) is 10.8 Å². The Kier molecular flexibility index (Phi) is 7.56. The molecule has 1 aliphatic rings. The molecule has 1 aliphatic heterocycles. The molecule has 0 spiro atoms. The molecule has 3 aromatic rings. The second-order valence-corrected chi connectivity index (χ2v) is 10.6. The second-order valence-electron chi connectivity index (χ2n) is 8.38. The summed E-state index contributed by atoms with van der Waals surface area (Å²) >= 11 is 6.43. The molecule has 12 heteroatoms. The molecule has 0 aliphatic carbocycles. The zero-order valence-corrected chi connectivity index (χ0v) is 20.9. The number of carbonyl (C=O) groups is 1. The molecule has 0 saturated heterocycles. The van der Waals surface area contributed by atoms with Crippen LogP contribution in [0, 0.1) is 12.7 Å². The lowest BCUT2D eigenvalue weighted by Gasteiger charge is -2.36. The van der Waals surface area contributed by atoms with E-state index in [9.17, 15) is 26.4 Å². The predicted octanol–water partition coefficient (Wildman–Crippen LogP) is 5.88. The number of hydrogen-bond acceptors (Lipinski definition) is 5. The van der Waals surface area contributed by atoms with Crippen molar-refractivity contribution in [3.8, 4) is 22.6 Å². The van der Waals surface area contributed by atoms with Gasteiger partial charge in [-0.2, -0.15) is 8.78 Å². The van der Waals surface area contributed by atoms with Gasteiger partial charge < -0.3 is 14.6 Å². The summed E-state index contributed by atoms with van der Waals surface area (Å²) in [6.07, 6.45) is -1.00. The molecular weight excluding hydrogens is 535 g/mol. The maximum atomic E-state index is 14.2. The van der Waals surface area contributed by atoms with Crippen molar-refractivity contribution in [2.45, 2.75) is 37.4 Å². The minimum absolute atomic E-state index is 0.00668. The van der Waals surface area contributed by atoms with Crippen LogP contribution in [0.3, 0.4) is 0 Å². The fraction of sp³-hybridized carbons (Fsp3) is 0.240. The van der Waals surface area contributed by atoms with Crippen molar-refractivity contribution in [3.63, 3.8) is 0 Å². The summed E-state index contributed by atoms with van der Waals surface area (Å²) in [6, 6.07) is 11.9. The number of benzene rings is 3. The van der Waals surface area contributed by atoms with Crippen molar-refractivity contribution in [3.05, 3.63) is 71.0 Å². The maximum absolute atomic E-state index is 14.2. The summed E-state index contributed by atoms with van der Waals surface area (Å²) in [4.78, 5) is 11.1. The van der Waals surface area contributed by atoms with Crippen molar-refractivity contribution in [1.82, 2.24) is 0 Å². The van der Waals surface area contributed by atoms with Gasteiger partial charge in [0, 0.05) is 24.1 Å². The van der Waals surface area contributed by atoms with Gasteiger partial charge >= 0.3 is 12.6 Å². The van der Waals surface area contributed by atoms with E-state index in [0.29, 0.717) is 5.56 Å². The molecule has 1 heterocycles. The monoisotopic (exact) mass is 555 g/mol. The quantitative estimate of drug-likeness (QED) is 0.373. The summed E-state index contributed by atoms with van der Waals surface area (Å²) in [5, 5.41) is 9.11. The third-order valence-electron chi connectivity index (χ3n) is 5.65. The van der Waals surface area contributed by atoms with Crippen LogP contribution >= 0.6 is 11.6 Å². The number of aliphatic carboxylic acids is 1. The molecule has 0 radical (unpaired) electrons. The van der Waals surface area contributed by atoms with Gasteiger partial charge in [0.25, 0.3) is 10.0 Å². The third kappa shape index (κ3) is 5.94. The molecule has 0 saturated carbocycles. The van der Waals surface area contributed by atoms with E-state index in [2.05, 4.69) is 4.74 Å². The third-order valence-corrected chi connectivity index (χ3v) is 7.73. The van der Waals surface area contributed by atoms with Gasteiger partial charge in [0.1, 0.15) is 23.4 Å². The molecule has 0 unspecified atom stereocenters. The number of nitrogens with zero attached hydrogens (tertiary/aromatic N) is 1. The molecule has 1 N–H and O–H groups in total. The number of carboxylic acid groups (broad SMARTS) is 1. The summed E-state index contributed by atoms with van der Waals surface area (Å²) in [6.45, 7) is -1.64. The van der Waals surface area contributed by atoms with Gasteiger partial charge in [0.05, 0.1) is 22.2 Å². The topological polar surface area (TPSA) is 93.1 Å². The summed E-state index contributed by atoms with van der Waals surface area (Å²) in [5.41, 5.74) is 1.01. The number of aryl methyl sites for hydroxylation is 1. The molecule has 3 aromatic carbocycles. The first kappa shape index (κ1) is 26.6. The Morgan fingerprint density at radius 3 is 2.65 bits per heavy atom. The molecular formula is C25H21ClF3NO6S. The zero-order chi connectivity index (χ0) is 26.9. The van der Waals surface area contributed by atoms with E-state index < -0.39 is 40.3 Å². The average molecular weight is 556 g/mol. The van der Waals surface area contributed by atoms with Gasteiger partial charge in [-0.25, -0.2) is 12.8 Å². The van der Waals surface area contributed by atoms with Gasteiger partial charge in [0.2, 0.25) is 0 Å². The Labute approximate surface area is 216 Å². The number of carboxylic acids is 1. The Bertz CT molecular complexity index is 1450. The van der Waals surface area contributed by atoms with Crippen LogP contribution in [0.5, 0.6) is 11.5 Å². The Balaban J connectivity index is 1.84. The lowest BCUT2D eigenvalue weighted by atomic mass is 10.0. The van der Waals surface area contributed by atoms with Crippen LogP contribution in [-0.2, 0) is 14.8 Å². The van der Waals surface area contributed by atoms with Gasteiger partial charge in [-0.1, -0.05) is 23.7 Å². The highest BCUT2D eigenvalue weighted by atomic mass is 35.5. The fourth-order valence-electron chi connectivity index (χ4n) is 4.01. The van der Waals surface area contributed by atoms with Gasteiger partial charge in [-0.05, 0) is 54.8 Å². The lowest BCUT2D eigenvalue weighted by molar-refractivity contribution is -0.137. The summed E-state index contributed by atoms with van der Waals surface area (Å²) in [5.74, 6) is -2.29. The molecule has 4 rings (SSSR count). The van der Waals surface area contributed by atoms with Crippen LogP contribution in [0.15, 0.2) is 59.5 Å². The van der Waals surface area contributed by atoms with Crippen molar-refractivity contribution >= 4 is 33.3 Å². The number of halogens is 4. The standard InChI is InChI=1S/C25H21ClF3NO6S/c1-14-3-2-4-19(7-14)37(33,34)30-13-17(5-6-24(31)32)35-23-12-21(26)20(11-22(23)30)15-8-16(27)10-18(9-15)36-25(28)29/h2-4,7-12,17,25H,5-6,13H2,1H3,(H,31,32)/t17-/m0/s1. The highest BCUT2D eigenvalue weighted by Gasteiger charge is 2.35. The minimum Gasteiger partial charge on any atom is -0.486 e. The van der Waals surface area contributed by atoms with E-state index in [1.165, 1.54) is 24.3 Å². The second kappa shape index (κ2) is 10.5. The van der Waals surface area contributed by atoms with Crippen LogP contribution in [0.1, 0.15) is 18.4 Å². The van der Waals surface area contributed by atoms with Gasteiger partial charge in [-0.15, -0.1) is 0 Å². The molecule has 0 amide bonds. The highest BCUT2D eigenvalue weighted by Crippen LogP contribution is 2.44. The van der Waals surface area contributed by atoms with E-state index in [1.807, 2.05) is 0 Å². The largest absolute Gasteiger partial charge is 0.486 e. The summed E-state index contributed by atoms with van der Waals surface area (Å²) < 4.78 is 78.3. The number of anilines is 1. The minimum atomic E-state index is -4.15. The summed E-state index contributed by atoms with van der Waals surface area (Å²) in [7, 11) is -4.15. The number of rotatable bonds is 8. The lowest BCUT2D eigenvalue weighted by Crippen LogP contribution is -2.43. The van der Waals surface area contributed by atoms with Crippen molar-refractivity contribution < 1.29 is 41.0 Å². The number of fused-ring (bicyclic) bond motifs is 1. The first-order chi connectivity index (χ1) is 17.4. The Hall–Kier alpha value is -3.44. The maximum Gasteiger partial charge on any atom is 0.387 e. The number of sulfonamides is 1. The normalized spacial score (nSPS) is 15.3. The number of hydrogen-bond donors (Lipinski definition) is 1.